The lowest BCUT2D eigenvalue weighted by atomic mass is 9.75. The lowest BCUT2D eigenvalue weighted by Gasteiger charge is -2.30. The summed E-state index contributed by atoms with van der Waals surface area (Å²) in [5.41, 5.74) is 0.615. The first-order valence-electron chi connectivity index (χ1n) is 6.98. The molecule has 7 heteroatoms. The fraction of sp³-hybridized carbons (Fsp3) is 0.533. The molecule has 0 radical (unpaired) electrons. The molecule has 2 rings (SSSR count). The van der Waals surface area contributed by atoms with E-state index in [1.54, 1.807) is 0 Å². The first-order chi connectivity index (χ1) is 10.3. The largest absolute Gasteiger partial charge is 0.573 e. The summed E-state index contributed by atoms with van der Waals surface area (Å²) in [7, 11) is 1.34. The van der Waals surface area contributed by atoms with E-state index in [1.807, 2.05) is 0 Å². The predicted molar refractivity (Wildman–Crippen MR) is 72.0 cm³/mol. The molecule has 1 N–H and O–H groups in total. The van der Waals surface area contributed by atoms with Crippen molar-refractivity contribution in [3.8, 4) is 11.5 Å². The second-order valence-electron chi connectivity index (χ2n) is 5.29. The Bertz CT molecular complexity index is 542. The van der Waals surface area contributed by atoms with Crippen LogP contribution in [0.2, 0.25) is 0 Å². The molecular weight excluding hydrogens is 301 g/mol. The van der Waals surface area contributed by atoms with Gasteiger partial charge >= 0.3 is 12.3 Å². The third kappa shape index (κ3) is 3.84. The van der Waals surface area contributed by atoms with Gasteiger partial charge < -0.3 is 14.6 Å². The number of alkyl halides is 3. The number of carboxylic acid groups (broad SMARTS) is 1. The van der Waals surface area contributed by atoms with Crippen LogP contribution in [-0.2, 0) is 4.79 Å². The molecule has 0 aromatic heterocycles. The van der Waals surface area contributed by atoms with Crippen molar-refractivity contribution in [2.45, 2.75) is 38.0 Å². The van der Waals surface area contributed by atoms with Crippen LogP contribution in [0.1, 0.15) is 37.2 Å². The van der Waals surface area contributed by atoms with E-state index in [1.165, 1.54) is 19.2 Å². The van der Waals surface area contributed by atoms with E-state index >= 15 is 0 Å². The highest BCUT2D eigenvalue weighted by Crippen LogP contribution is 2.43. The number of aliphatic carboxylic acids is 1. The fourth-order valence-corrected chi connectivity index (χ4v) is 2.99. The minimum Gasteiger partial charge on any atom is -0.496 e. The third-order valence-corrected chi connectivity index (χ3v) is 3.92. The maximum absolute atomic E-state index is 12.3. The molecule has 1 unspecified atom stereocenters. The Kier molecular flexibility index (Phi) is 4.83. The number of methoxy groups -OCH3 is 1. The number of hydrogen-bond acceptors (Lipinski definition) is 3. The summed E-state index contributed by atoms with van der Waals surface area (Å²) in [5.74, 6) is -1.85. The van der Waals surface area contributed by atoms with Crippen molar-refractivity contribution in [2.75, 3.05) is 7.11 Å². The van der Waals surface area contributed by atoms with Crippen LogP contribution in [0.3, 0.4) is 0 Å². The van der Waals surface area contributed by atoms with E-state index in [9.17, 15) is 23.1 Å². The Morgan fingerprint density at radius 1 is 1.27 bits per heavy atom. The number of hydrogen-bond donors (Lipinski definition) is 1. The summed E-state index contributed by atoms with van der Waals surface area (Å²) in [6.07, 6.45) is -1.82. The van der Waals surface area contributed by atoms with Gasteiger partial charge in [0.15, 0.2) is 0 Å². The molecule has 4 nitrogen and oxygen atoms in total. The topological polar surface area (TPSA) is 55.8 Å². The fourth-order valence-electron chi connectivity index (χ4n) is 2.99. The Balaban J connectivity index is 2.31. The van der Waals surface area contributed by atoms with Crippen LogP contribution in [-0.4, -0.2) is 24.5 Å². The molecule has 1 aromatic carbocycles. The Labute approximate surface area is 125 Å². The van der Waals surface area contributed by atoms with Gasteiger partial charge in [-0.15, -0.1) is 13.2 Å². The average Bonchev–Trinajstić information content (AvgIpc) is 2.45. The molecule has 0 amide bonds. The molecule has 1 aliphatic carbocycles. The van der Waals surface area contributed by atoms with Crippen molar-refractivity contribution < 1.29 is 32.5 Å². The van der Waals surface area contributed by atoms with Gasteiger partial charge in [-0.05, 0) is 24.5 Å². The van der Waals surface area contributed by atoms with E-state index in [4.69, 9.17) is 4.74 Å². The molecule has 0 bridgehead atoms. The van der Waals surface area contributed by atoms with Gasteiger partial charge in [-0.3, -0.25) is 4.79 Å². The summed E-state index contributed by atoms with van der Waals surface area (Å²) in [4.78, 5) is 11.4. The van der Waals surface area contributed by atoms with Crippen LogP contribution in [0.15, 0.2) is 18.2 Å². The summed E-state index contributed by atoms with van der Waals surface area (Å²) in [6.45, 7) is 0. The molecule has 1 aromatic rings. The summed E-state index contributed by atoms with van der Waals surface area (Å²) >= 11 is 0. The van der Waals surface area contributed by atoms with Crippen molar-refractivity contribution in [1.82, 2.24) is 0 Å². The van der Waals surface area contributed by atoms with Gasteiger partial charge in [-0.2, -0.15) is 0 Å². The van der Waals surface area contributed by atoms with Crippen molar-refractivity contribution in [3.63, 3.8) is 0 Å². The Hall–Kier alpha value is -1.92. The number of ether oxygens (including phenoxy) is 2. The molecule has 0 aliphatic heterocycles. The SMILES string of the molecule is COc1cc(OC(F)(F)F)ccc1[C@H]1CCCCC1C(=O)O. The molecule has 2 atom stereocenters. The number of halogens is 3. The van der Waals surface area contributed by atoms with Crippen LogP contribution >= 0.6 is 0 Å². The molecule has 0 heterocycles. The van der Waals surface area contributed by atoms with Crippen molar-refractivity contribution >= 4 is 5.97 Å². The lowest BCUT2D eigenvalue weighted by molar-refractivity contribution is -0.274. The van der Waals surface area contributed by atoms with Crippen LogP contribution in [0.5, 0.6) is 11.5 Å². The van der Waals surface area contributed by atoms with E-state index in [-0.39, 0.29) is 17.4 Å². The minimum atomic E-state index is -4.78. The average molecular weight is 318 g/mol. The van der Waals surface area contributed by atoms with E-state index in [0.29, 0.717) is 18.4 Å². The zero-order valence-corrected chi connectivity index (χ0v) is 12.0. The highest BCUT2D eigenvalue weighted by Gasteiger charge is 2.35. The van der Waals surface area contributed by atoms with Crippen LogP contribution < -0.4 is 9.47 Å². The summed E-state index contributed by atoms with van der Waals surface area (Å²) in [5, 5.41) is 9.33. The molecule has 1 saturated carbocycles. The first-order valence-corrected chi connectivity index (χ1v) is 6.98. The smallest absolute Gasteiger partial charge is 0.496 e. The molecule has 1 aliphatic rings. The lowest BCUT2D eigenvalue weighted by Crippen LogP contribution is -2.25. The van der Waals surface area contributed by atoms with E-state index in [2.05, 4.69) is 4.74 Å². The second kappa shape index (κ2) is 6.46. The van der Waals surface area contributed by atoms with E-state index < -0.39 is 18.2 Å². The highest BCUT2D eigenvalue weighted by molar-refractivity contribution is 5.72. The number of benzene rings is 1. The van der Waals surface area contributed by atoms with Crippen LogP contribution in [0.4, 0.5) is 13.2 Å². The maximum atomic E-state index is 12.3. The van der Waals surface area contributed by atoms with Gasteiger partial charge in [0.05, 0.1) is 13.0 Å². The normalized spacial score (nSPS) is 22.2. The molecule has 1 fully saturated rings. The van der Waals surface area contributed by atoms with Crippen LogP contribution in [0.25, 0.3) is 0 Å². The highest BCUT2D eigenvalue weighted by atomic mass is 19.4. The van der Waals surface area contributed by atoms with Gasteiger partial charge in [0.25, 0.3) is 0 Å². The zero-order chi connectivity index (χ0) is 16.3. The number of carboxylic acids is 1. The molecule has 122 valence electrons. The second-order valence-corrected chi connectivity index (χ2v) is 5.29. The molecule has 22 heavy (non-hydrogen) atoms. The Morgan fingerprint density at radius 3 is 2.55 bits per heavy atom. The molecular formula is C15H17F3O4. The van der Waals surface area contributed by atoms with Gasteiger partial charge in [0, 0.05) is 12.0 Å². The minimum absolute atomic E-state index is 0.222. The van der Waals surface area contributed by atoms with Gasteiger partial charge in [-0.25, -0.2) is 0 Å². The number of rotatable bonds is 4. The summed E-state index contributed by atoms with van der Waals surface area (Å²) in [6, 6.07) is 3.81. The van der Waals surface area contributed by atoms with Gasteiger partial charge in [0.1, 0.15) is 11.5 Å². The van der Waals surface area contributed by atoms with Crippen LogP contribution in [0, 0.1) is 5.92 Å². The molecule has 0 spiro atoms. The zero-order valence-electron chi connectivity index (χ0n) is 12.0. The Morgan fingerprint density at radius 2 is 1.95 bits per heavy atom. The number of carbonyl (C=O) groups is 1. The van der Waals surface area contributed by atoms with Crippen molar-refractivity contribution in [2.24, 2.45) is 5.92 Å². The first kappa shape index (κ1) is 16.5. The summed E-state index contributed by atoms with van der Waals surface area (Å²) < 4.78 is 45.8. The van der Waals surface area contributed by atoms with Gasteiger partial charge in [-0.1, -0.05) is 18.9 Å². The standard InChI is InChI=1S/C15H17F3O4/c1-21-13-8-9(22-15(16,17)18)6-7-11(13)10-4-2-3-5-12(10)14(19)20/h6-8,10,12H,2-5H2,1H3,(H,19,20)/t10-,12?/m1/s1. The monoisotopic (exact) mass is 318 g/mol. The van der Waals surface area contributed by atoms with Gasteiger partial charge in [0.2, 0.25) is 0 Å². The predicted octanol–water partition coefficient (Wildman–Crippen LogP) is 3.95. The maximum Gasteiger partial charge on any atom is 0.573 e. The quantitative estimate of drug-likeness (QED) is 0.913. The third-order valence-electron chi connectivity index (χ3n) is 3.92. The van der Waals surface area contributed by atoms with Crippen molar-refractivity contribution in [3.05, 3.63) is 23.8 Å². The molecule has 0 saturated heterocycles. The van der Waals surface area contributed by atoms with Crippen molar-refractivity contribution in [1.29, 1.82) is 0 Å². The van der Waals surface area contributed by atoms with E-state index in [0.717, 1.165) is 18.9 Å².